The highest BCUT2D eigenvalue weighted by Gasteiger charge is 2.21. The SMILES string of the molecule is O=[N+]([O-])C1[C]NC=N1. The van der Waals surface area contributed by atoms with Crippen LogP contribution >= 0.6 is 0 Å². The summed E-state index contributed by atoms with van der Waals surface area (Å²) in [6.45, 7) is 2.28. The van der Waals surface area contributed by atoms with Gasteiger partial charge in [0.25, 0.3) is 0 Å². The maximum absolute atomic E-state index is 9.79. The Morgan fingerprint density at radius 1 is 2.00 bits per heavy atom. The van der Waals surface area contributed by atoms with Crippen LogP contribution in [-0.2, 0) is 0 Å². The molecule has 0 saturated carbocycles. The quantitative estimate of drug-likeness (QED) is 0.359. The lowest BCUT2D eigenvalue weighted by molar-refractivity contribution is -0.510. The van der Waals surface area contributed by atoms with Crippen LogP contribution in [0.1, 0.15) is 0 Å². The second-order valence-electron chi connectivity index (χ2n) is 1.23. The molecule has 8 heavy (non-hydrogen) atoms. The summed E-state index contributed by atoms with van der Waals surface area (Å²) in [4.78, 5) is 12.6. The second kappa shape index (κ2) is 1.77. The van der Waals surface area contributed by atoms with Gasteiger partial charge in [0, 0.05) is 0 Å². The lowest BCUT2D eigenvalue weighted by Crippen LogP contribution is -2.17. The molecule has 1 atom stereocenters. The molecule has 5 heteroatoms. The van der Waals surface area contributed by atoms with Crippen molar-refractivity contribution >= 4 is 6.34 Å². The average molecular weight is 113 g/mol. The Morgan fingerprint density at radius 2 is 2.75 bits per heavy atom. The van der Waals surface area contributed by atoms with E-state index < -0.39 is 11.1 Å². The van der Waals surface area contributed by atoms with E-state index in [0.29, 0.717) is 0 Å². The van der Waals surface area contributed by atoms with Gasteiger partial charge in [-0.2, -0.15) is 0 Å². The molecule has 0 fully saturated rings. The van der Waals surface area contributed by atoms with Gasteiger partial charge in [0.1, 0.15) is 0 Å². The Hall–Kier alpha value is -1.13. The summed E-state index contributed by atoms with van der Waals surface area (Å²) in [6, 6.07) is 0. The molecule has 1 N–H and O–H groups in total. The topological polar surface area (TPSA) is 67.5 Å². The number of hydrogen-bond donors (Lipinski definition) is 1. The van der Waals surface area contributed by atoms with Crippen LogP contribution in [0.2, 0.25) is 0 Å². The fraction of sp³-hybridized carbons (Fsp3) is 0.333. The largest absolute Gasteiger partial charge is 0.358 e. The molecule has 42 valence electrons. The first kappa shape index (κ1) is 5.02. The molecular formula is C3H3N3O2. The summed E-state index contributed by atoms with van der Waals surface area (Å²) in [5, 5.41) is 12.2. The van der Waals surface area contributed by atoms with Crippen LogP contribution in [0.15, 0.2) is 4.99 Å². The summed E-state index contributed by atoms with van der Waals surface area (Å²) in [6.07, 6.45) is 0.239. The van der Waals surface area contributed by atoms with Crippen LogP contribution in [0.3, 0.4) is 0 Å². The van der Waals surface area contributed by atoms with Gasteiger partial charge in [-0.3, -0.25) is 10.1 Å². The zero-order chi connectivity index (χ0) is 5.98. The van der Waals surface area contributed by atoms with Gasteiger partial charge in [-0.05, 0) is 0 Å². The van der Waals surface area contributed by atoms with Crippen molar-refractivity contribution in [2.24, 2.45) is 4.99 Å². The zero-order valence-electron chi connectivity index (χ0n) is 3.87. The van der Waals surface area contributed by atoms with E-state index in [1.165, 1.54) is 6.34 Å². The fourth-order valence-electron chi connectivity index (χ4n) is 0.364. The molecule has 0 spiro atoms. The highest BCUT2D eigenvalue weighted by molar-refractivity contribution is 5.58. The summed E-state index contributed by atoms with van der Waals surface area (Å²) < 4.78 is 0. The number of rotatable bonds is 1. The maximum Gasteiger partial charge on any atom is 0.333 e. The number of aliphatic imine (C=N–C) groups is 1. The Morgan fingerprint density at radius 3 is 3.00 bits per heavy atom. The van der Waals surface area contributed by atoms with E-state index in [4.69, 9.17) is 0 Å². The molecule has 2 radical (unpaired) electrons. The van der Waals surface area contributed by atoms with Crippen molar-refractivity contribution in [3.8, 4) is 0 Å². The molecule has 0 aromatic heterocycles. The van der Waals surface area contributed by atoms with Crippen LogP contribution in [0.25, 0.3) is 0 Å². The molecule has 0 saturated heterocycles. The van der Waals surface area contributed by atoms with E-state index >= 15 is 0 Å². The van der Waals surface area contributed by atoms with Crippen molar-refractivity contribution in [3.05, 3.63) is 16.7 Å². The Balaban J connectivity index is 2.48. The first-order valence-electron chi connectivity index (χ1n) is 1.97. The number of hydrogen-bond acceptors (Lipinski definition) is 4. The molecule has 0 bridgehead atoms. The minimum Gasteiger partial charge on any atom is -0.358 e. The van der Waals surface area contributed by atoms with Crippen LogP contribution in [0.5, 0.6) is 0 Å². The molecule has 0 aliphatic carbocycles. The van der Waals surface area contributed by atoms with E-state index in [2.05, 4.69) is 16.9 Å². The number of nitrogens with one attached hydrogen (secondary N) is 1. The third-order valence-electron chi connectivity index (χ3n) is 0.692. The van der Waals surface area contributed by atoms with Crippen molar-refractivity contribution in [2.75, 3.05) is 0 Å². The minimum atomic E-state index is -1.00. The Bertz CT molecular complexity index is 132. The highest BCUT2D eigenvalue weighted by atomic mass is 16.6. The van der Waals surface area contributed by atoms with Crippen LogP contribution in [-0.4, -0.2) is 17.4 Å². The van der Waals surface area contributed by atoms with Crippen molar-refractivity contribution in [3.63, 3.8) is 0 Å². The normalized spacial score (nSPS) is 25.2. The van der Waals surface area contributed by atoms with Crippen LogP contribution in [0, 0.1) is 16.7 Å². The lowest BCUT2D eigenvalue weighted by Gasteiger charge is -1.90. The van der Waals surface area contributed by atoms with E-state index in [9.17, 15) is 10.1 Å². The number of nitrogens with zero attached hydrogens (tertiary/aromatic N) is 2. The highest BCUT2D eigenvalue weighted by Crippen LogP contribution is 1.96. The molecule has 1 unspecified atom stereocenters. The van der Waals surface area contributed by atoms with Gasteiger partial charge >= 0.3 is 6.17 Å². The second-order valence-corrected chi connectivity index (χ2v) is 1.23. The molecule has 0 aromatic carbocycles. The Kier molecular flexibility index (Phi) is 1.11. The third kappa shape index (κ3) is 0.749. The Labute approximate surface area is 45.6 Å². The van der Waals surface area contributed by atoms with Gasteiger partial charge in [-0.1, -0.05) is 0 Å². The third-order valence-corrected chi connectivity index (χ3v) is 0.692. The van der Waals surface area contributed by atoms with E-state index in [-0.39, 0.29) is 0 Å². The summed E-state index contributed by atoms with van der Waals surface area (Å²) in [5.74, 6) is 0. The van der Waals surface area contributed by atoms with Crippen molar-refractivity contribution in [1.82, 2.24) is 5.32 Å². The summed E-state index contributed by atoms with van der Waals surface area (Å²) in [5.41, 5.74) is 0. The van der Waals surface area contributed by atoms with Gasteiger partial charge in [0.15, 0.2) is 6.54 Å². The lowest BCUT2D eigenvalue weighted by atomic mass is 10.6. The summed E-state index contributed by atoms with van der Waals surface area (Å²) >= 11 is 0. The number of nitro groups is 1. The van der Waals surface area contributed by atoms with Gasteiger partial charge < -0.3 is 5.32 Å². The van der Waals surface area contributed by atoms with Crippen molar-refractivity contribution in [2.45, 2.75) is 6.17 Å². The minimum absolute atomic E-state index is 0.531. The molecule has 5 nitrogen and oxygen atoms in total. The van der Waals surface area contributed by atoms with Gasteiger partial charge in [0.05, 0.1) is 11.3 Å². The molecular weight excluding hydrogens is 110 g/mol. The predicted molar refractivity (Wildman–Crippen MR) is 25.7 cm³/mol. The molecule has 0 amide bonds. The zero-order valence-corrected chi connectivity index (χ0v) is 3.87. The van der Waals surface area contributed by atoms with Crippen LogP contribution in [0.4, 0.5) is 0 Å². The van der Waals surface area contributed by atoms with Gasteiger partial charge in [-0.25, -0.2) is 4.99 Å². The monoisotopic (exact) mass is 113 g/mol. The average Bonchev–Trinajstić information content (AvgIpc) is 2.12. The molecule has 0 aromatic rings. The standard InChI is InChI=1S/C3H3N3O2/c7-6(8)3-1-4-2-5-3/h2-3H,(H,4,5). The van der Waals surface area contributed by atoms with Crippen molar-refractivity contribution in [1.29, 1.82) is 0 Å². The van der Waals surface area contributed by atoms with Gasteiger partial charge in [0.2, 0.25) is 0 Å². The van der Waals surface area contributed by atoms with E-state index in [1.54, 1.807) is 0 Å². The van der Waals surface area contributed by atoms with E-state index in [0.717, 1.165) is 0 Å². The summed E-state index contributed by atoms with van der Waals surface area (Å²) in [7, 11) is 0. The maximum atomic E-state index is 9.79. The first-order valence-corrected chi connectivity index (χ1v) is 1.97. The molecule has 1 aliphatic heterocycles. The first-order chi connectivity index (χ1) is 3.80. The molecule has 1 aliphatic rings. The van der Waals surface area contributed by atoms with Gasteiger partial charge in [-0.15, -0.1) is 0 Å². The molecule has 1 rings (SSSR count). The smallest absolute Gasteiger partial charge is 0.333 e. The van der Waals surface area contributed by atoms with Crippen molar-refractivity contribution < 1.29 is 4.92 Å². The van der Waals surface area contributed by atoms with E-state index in [1.807, 2.05) is 0 Å². The van der Waals surface area contributed by atoms with Crippen LogP contribution < -0.4 is 5.32 Å². The predicted octanol–water partition coefficient (Wildman–Crippen LogP) is -0.741. The fourth-order valence-corrected chi connectivity index (χ4v) is 0.364. The molecule has 1 heterocycles.